The van der Waals surface area contributed by atoms with E-state index >= 15 is 0 Å². The van der Waals surface area contributed by atoms with Crippen molar-refractivity contribution in [3.8, 4) is 6.07 Å². The highest BCUT2D eigenvalue weighted by Gasteiger charge is 2.10. The second kappa shape index (κ2) is 7.08. The van der Waals surface area contributed by atoms with E-state index in [1.165, 1.54) is 0 Å². The molecule has 0 unspecified atom stereocenters. The van der Waals surface area contributed by atoms with Gasteiger partial charge >= 0.3 is 0 Å². The number of nitrogens with zero attached hydrogens (tertiary/aromatic N) is 2. The second-order valence-electron chi connectivity index (χ2n) is 3.69. The van der Waals surface area contributed by atoms with Crippen LogP contribution >= 0.6 is 15.9 Å². The first kappa shape index (κ1) is 13.7. The molecular weight excluding hydrogens is 280 g/mol. The number of carbonyl (C=O) groups excluding carboxylic acids is 1. The Kier molecular flexibility index (Phi) is 5.71. The Bertz CT molecular complexity index is 408. The molecule has 4 heteroatoms. The number of aryl methyl sites for hydroxylation is 1. The molecule has 3 nitrogen and oxygen atoms in total. The quantitative estimate of drug-likeness (QED) is 0.784. The SMILES string of the molecule is CCN(CC#N)C(=O)CCc1ccc(Br)cc1. The van der Waals surface area contributed by atoms with Crippen LogP contribution in [0.25, 0.3) is 0 Å². The summed E-state index contributed by atoms with van der Waals surface area (Å²) in [6.07, 6.45) is 1.17. The van der Waals surface area contributed by atoms with E-state index in [4.69, 9.17) is 5.26 Å². The Morgan fingerprint density at radius 2 is 2.06 bits per heavy atom. The van der Waals surface area contributed by atoms with Crippen molar-refractivity contribution >= 4 is 21.8 Å². The first-order valence-corrected chi connectivity index (χ1v) is 6.35. The predicted octanol–water partition coefficient (Wildman–Crippen LogP) is 2.75. The van der Waals surface area contributed by atoms with Gasteiger partial charge in [-0.3, -0.25) is 4.79 Å². The highest BCUT2D eigenvalue weighted by molar-refractivity contribution is 9.10. The Hall–Kier alpha value is -1.34. The number of benzene rings is 1. The summed E-state index contributed by atoms with van der Waals surface area (Å²) in [5, 5.41) is 8.58. The molecule has 0 spiro atoms. The molecule has 0 aromatic heterocycles. The average molecular weight is 295 g/mol. The maximum absolute atomic E-state index is 11.8. The van der Waals surface area contributed by atoms with E-state index in [0.29, 0.717) is 19.4 Å². The minimum absolute atomic E-state index is 0.0389. The number of rotatable bonds is 5. The number of hydrogen-bond donors (Lipinski definition) is 0. The lowest BCUT2D eigenvalue weighted by molar-refractivity contribution is -0.130. The summed E-state index contributed by atoms with van der Waals surface area (Å²) in [7, 11) is 0. The molecule has 0 heterocycles. The highest BCUT2D eigenvalue weighted by Crippen LogP contribution is 2.12. The summed E-state index contributed by atoms with van der Waals surface area (Å²) in [4.78, 5) is 13.3. The average Bonchev–Trinajstić information content (AvgIpc) is 2.35. The minimum atomic E-state index is 0.0389. The molecule has 0 aliphatic carbocycles. The van der Waals surface area contributed by atoms with Gasteiger partial charge in [0.25, 0.3) is 0 Å². The maximum Gasteiger partial charge on any atom is 0.223 e. The van der Waals surface area contributed by atoms with Crippen molar-refractivity contribution in [2.24, 2.45) is 0 Å². The number of carbonyl (C=O) groups is 1. The van der Waals surface area contributed by atoms with Crippen LogP contribution in [0.2, 0.25) is 0 Å². The van der Waals surface area contributed by atoms with Crippen LogP contribution in [-0.4, -0.2) is 23.9 Å². The Labute approximate surface area is 110 Å². The van der Waals surface area contributed by atoms with E-state index < -0.39 is 0 Å². The summed E-state index contributed by atoms with van der Waals surface area (Å²) >= 11 is 3.37. The lowest BCUT2D eigenvalue weighted by Gasteiger charge is -2.16. The number of hydrogen-bond acceptors (Lipinski definition) is 2. The molecule has 1 rings (SSSR count). The van der Waals surface area contributed by atoms with Gasteiger partial charge in [0.15, 0.2) is 0 Å². The Morgan fingerprint density at radius 1 is 1.41 bits per heavy atom. The highest BCUT2D eigenvalue weighted by atomic mass is 79.9. The van der Waals surface area contributed by atoms with Crippen LogP contribution in [0.3, 0.4) is 0 Å². The summed E-state index contributed by atoms with van der Waals surface area (Å²) in [5.74, 6) is 0.0389. The molecule has 0 fully saturated rings. The van der Waals surface area contributed by atoms with E-state index in [2.05, 4.69) is 15.9 Å². The van der Waals surface area contributed by atoms with Crippen LogP contribution in [0.5, 0.6) is 0 Å². The monoisotopic (exact) mass is 294 g/mol. The number of nitriles is 1. The predicted molar refractivity (Wildman–Crippen MR) is 70.3 cm³/mol. The Morgan fingerprint density at radius 3 is 2.59 bits per heavy atom. The standard InChI is InChI=1S/C13H15BrN2O/c1-2-16(10-9-15)13(17)8-5-11-3-6-12(14)7-4-11/h3-4,6-7H,2,5,8,10H2,1H3. The van der Waals surface area contributed by atoms with E-state index in [1.807, 2.05) is 37.3 Å². The molecule has 0 aliphatic rings. The molecule has 0 radical (unpaired) electrons. The third-order valence-corrected chi connectivity index (χ3v) is 3.07. The van der Waals surface area contributed by atoms with Gasteiger partial charge in [-0.1, -0.05) is 28.1 Å². The van der Waals surface area contributed by atoms with Crippen molar-refractivity contribution in [3.05, 3.63) is 34.3 Å². The fourth-order valence-corrected chi connectivity index (χ4v) is 1.79. The minimum Gasteiger partial charge on any atom is -0.330 e. The molecule has 90 valence electrons. The molecule has 0 saturated heterocycles. The number of halogens is 1. The second-order valence-corrected chi connectivity index (χ2v) is 4.61. The fourth-order valence-electron chi connectivity index (χ4n) is 1.52. The van der Waals surface area contributed by atoms with Crippen molar-refractivity contribution in [1.29, 1.82) is 5.26 Å². The molecule has 17 heavy (non-hydrogen) atoms. The normalized spacial score (nSPS) is 9.71. The van der Waals surface area contributed by atoms with Crippen LogP contribution in [0, 0.1) is 11.3 Å². The summed E-state index contributed by atoms with van der Waals surface area (Å²) in [5.41, 5.74) is 1.13. The fraction of sp³-hybridized carbons (Fsp3) is 0.385. The topological polar surface area (TPSA) is 44.1 Å². The smallest absolute Gasteiger partial charge is 0.223 e. The van der Waals surface area contributed by atoms with E-state index in [9.17, 15) is 4.79 Å². The van der Waals surface area contributed by atoms with Crippen molar-refractivity contribution < 1.29 is 4.79 Å². The van der Waals surface area contributed by atoms with Crippen molar-refractivity contribution in [3.63, 3.8) is 0 Å². The van der Waals surface area contributed by atoms with Gasteiger partial charge in [-0.25, -0.2) is 0 Å². The molecule has 1 aromatic carbocycles. The van der Waals surface area contributed by atoms with Crippen molar-refractivity contribution in [2.45, 2.75) is 19.8 Å². The molecule has 0 saturated carbocycles. The van der Waals surface area contributed by atoms with Gasteiger partial charge in [-0.05, 0) is 31.0 Å². The first-order valence-electron chi connectivity index (χ1n) is 5.56. The van der Waals surface area contributed by atoms with Gasteiger partial charge < -0.3 is 4.90 Å². The molecule has 0 N–H and O–H groups in total. The zero-order chi connectivity index (χ0) is 12.7. The van der Waals surface area contributed by atoms with Gasteiger partial charge in [0, 0.05) is 17.4 Å². The van der Waals surface area contributed by atoms with Crippen LogP contribution in [0.15, 0.2) is 28.7 Å². The van der Waals surface area contributed by atoms with Crippen molar-refractivity contribution in [2.75, 3.05) is 13.1 Å². The molecule has 0 bridgehead atoms. The molecular formula is C13H15BrN2O. The largest absolute Gasteiger partial charge is 0.330 e. The maximum atomic E-state index is 11.8. The summed E-state index contributed by atoms with van der Waals surface area (Å²) in [6, 6.07) is 9.93. The molecule has 0 atom stereocenters. The van der Waals surface area contributed by atoms with Gasteiger partial charge in [0.2, 0.25) is 5.91 Å². The van der Waals surface area contributed by atoms with Crippen LogP contribution < -0.4 is 0 Å². The van der Waals surface area contributed by atoms with E-state index in [0.717, 1.165) is 10.0 Å². The van der Waals surface area contributed by atoms with Crippen molar-refractivity contribution in [1.82, 2.24) is 4.90 Å². The Balaban J connectivity index is 2.47. The van der Waals surface area contributed by atoms with Crippen LogP contribution in [0.1, 0.15) is 18.9 Å². The number of amides is 1. The van der Waals surface area contributed by atoms with Crippen LogP contribution in [-0.2, 0) is 11.2 Å². The van der Waals surface area contributed by atoms with Gasteiger partial charge in [-0.15, -0.1) is 0 Å². The zero-order valence-corrected chi connectivity index (χ0v) is 11.4. The third-order valence-electron chi connectivity index (χ3n) is 2.54. The molecule has 1 aromatic rings. The molecule has 1 amide bonds. The van der Waals surface area contributed by atoms with Gasteiger partial charge in [0.05, 0.1) is 6.07 Å². The van der Waals surface area contributed by atoms with Gasteiger partial charge in [0.1, 0.15) is 6.54 Å². The summed E-state index contributed by atoms with van der Waals surface area (Å²) in [6.45, 7) is 2.65. The van der Waals surface area contributed by atoms with E-state index in [1.54, 1.807) is 4.90 Å². The zero-order valence-electron chi connectivity index (χ0n) is 9.82. The van der Waals surface area contributed by atoms with Crippen LogP contribution in [0.4, 0.5) is 0 Å². The first-order chi connectivity index (χ1) is 8.17. The lowest BCUT2D eigenvalue weighted by atomic mass is 10.1. The van der Waals surface area contributed by atoms with Gasteiger partial charge in [-0.2, -0.15) is 5.26 Å². The third kappa shape index (κ3) is 4.58. The summed E-state index contributed by atoms with van der Waals surface area (Å²) < 4.78 is 1.03. The lowest BCUT2D eigenvalue weighted by Crippen LogP contribution is -2.31. The molecule has 0 aliphatic heterocycles. The van der Waals surface area contributed by atoms with E-state index in [-0.39, 0.29) is 12.5 Å².